The highest BCUT2D eigenvalue weighted by Gasteiger charge is 2.09. The smallest absolute Gasteiger partial charge is 0.174 e. The second kappa shape index (κ2) is 12.0. The Balaban J connectivity index is 0.00000181. The number of benzene rings is 2. The van der Waals surface area contributed by atoms with Crippen molar-refractivity contribution in [2.75, 3.05) is 0 Å². The minimum Gasteiger partial charge on any atom is -1.00 e. The Morgan fingerprint density at radius 2 is 0.875 bits per heavy atom. The first-order valence-corrected chi connectivity index (χ1v) is 10.2. The first-order valence-electron chi connectivity index (χ1n) is 10.2. The molecule has 0 aliphatic heterocycles. The maximum atomic E-state index is 3.91. The first-order chi connectivity index (χ1) is 14.8. The molecule has 0 amide bonds. The summed E-state index contributed by atoms with van der Waals surface area (Å²) >= 11 is 0. The van der Waals surface area contributed by atoms with E-state index >= 15 is 0 Å². The van der Waals surface area contributed by atoms with E-state index in [2.05, 4.69) is 108 Å². The molecule has 4 rings (SSSR count). The molecular formula is C28H26Cl2N2. The van der Waals surface area contributed by atoms with Crippen molar-refractivity contribution in [3.8, 4) is 11.1 Å². The Morgan fingerprint density at radius 1 is 0.531 bits per heavy atom. The highest BCUT2D eigenvalue weighted by Crippen LogP contribution is 2.17. The van der Waals surface area contributed by atoms with Crippen molar-refractivity contribution in [3.63, 3.8) is 0 Å². The van der Waals surface area contributed by atoms with Gasteiger partial charge < -0.3 is 24.8 Å². The molecule has 0 N–H and O–H groups in total. The van der Waals surface area contributed by atoms with Gasteiger partial charge in [-0.05, 0) is 22.3 Å². The van der Waals surface area contributed by atoms with Crippen LogP contribution in [0.25, 0.3) is 23.3 Å². The molecule has 0 aliphatic rings. The largest absolute Gasteiger partial charge is 1.00 e. The van der Waals surface area contributed by atoms with E-state index in [0.29, 0.717) is 0 Å². The van der Waals surface area contributed by atoms with Gasteiger partial charge in [0.25, 0.3) is 0 Å². The molecule has 4 aromatic rings. The van der Waals surface area contributed by atoms with Crippen molar-refractivity contribution < 1.29 is 33.9 Å². The molecule has 2 aromatic heterocycles. The fourth-order valence-corrected chi connectivity index (χ4v) is 3.66. The van der Waals surface area contributed by atoms with Crippen LogP contribution in [0.5, 0.6) is 0 Å². The molecular weight excluding hydrogens is 435 g/mol. The normalized spacial score (nSPS) is 9.88. The molecule has 2 nitrogen and oxygen atoms in total. The number of pyridine rings is 2. The minimum absolute atomic E-state index is 0. The summed E-state index contributed by atoms with van der Waals surface area (Å²) in [5, 5.41) is 0. The van der Waals surface area contributed by atoms with Crippen molar-refractivity contribution in [2.45, 2.75) is 13.1 Å². The van der Waals surface area contributed by atoms with Crippen molar-refractivity contribution >= 4 is 12.2 Å². The van der Waals surface area contributed by atoms with Crippen LogP contribution in [0.1, 0.15) is 22.3 Å². The zero-order valence-electron chi connectivity index (χ0n) is 17.9. The molecule has 4 heteroatoms. The average molecular weight is 461 g/mol. The summed E-state index contributed by atoms with van der Waals surface area (Å²) in [5.74, 6) is 0. The van der Waals surface area contributed by atoms with Crippen LogP contribution < -0.4 is 33.9 Å². The lowest BCUT2D eigenvalue weighted by Crippen LogP contribution is -3.00. The van der Waals surface area contributed by atoms with Gasteiger partial charge in [-0.25, -0.2) is 9.13 Å². The van der Waals surface area contributed by atoms with Gasteiger partial charge in [0.05, 0.1) is 0 Å². The summed E-state index contributed by atoms with van der Waals surface area (Å²) in [6.07, 6.45) is 12.4. The summed E-state index contributed by atoms with van der Waals surface area (Å²) in [4.78, 5) is 0. The molecule has 2 heterocycles. The molecule has 0 radical (unpaired) electrons. The van der Waals surface area contributed by atoms with E-state index in [1.807, 2.05) is 24.3 Å². The lowest BCUT2D eigenvalue weighted by molar-refractivity contribution is -0.688. The second-order valence-electron chi connectivity index (χ2n) is 7.32. The third-order valence-corrected chi connectivity index (χ3v) is 5.37. The average Bonchev–Trinajstić information content (AvgIpc) is 2.81. The molecule has 0 atom stereocenters. The van der Waals surface area contributed by atoms with Gasteiger partial charge in [-0.3, -0.25) is 0 Å². The van der Waals surface area contributed by atoms with Crippen LogP contribution in [-0.4, -0.2) is 0 Å². The molecule has 0 aliphatic carbocycles. The third kappa shape index (κ3) is 5.94. The van der Waals surface area contributed by atoms with Gasteiger partial charge in [-0.15, -0.1) is 0 Å². The molecule has 162 valence electrons. The Bertz CT molecular complexity index is 1070. The molecule has 0 fully saturated rings. The first kappa shape index (κ1) is 25.1. The monoisotopic (exact) mass is 460 g/mol. The lowest BCUT2D eigenvalue weighted by atomic mass is 10.1. The Morgan fingerprint density at radius 3 is 1.22 bits per heavy atom. The third-order valence-electron chi connectivity index (χ3n) is 5.37. The quantitative estimate of drug-likeness (QED) is 0.323. The number of aromatic nitrogens is 2. The highest BCUT2D eigenvalue weighted by molar-refractivity contribution is 5.61. The van der Waals surface area contributed by atoms with Gasteiger partial charge in [-0.2, -0.15) is 0 Å². The van der Waals surface area contributed by atoms with Crippen LogP contribution in [0.2, 0.25) is 0 Å². The summed E-state index contributed by atoms with van der Waals surface area (Å²) < 4.78 is 4.39. The van der Waals surface area contributed by atoms with Gasteiger partial charge in [0, 0.05) is 35.4 Å². The van der Waals surface area contributed by atoms with Gasteiger partial charge in [0.1, 0.15) is 0 Å². The Labute approximate surface area is 203 Å². The zero-order valence-corrected chi connectivity index (χ0v) is 19.4. The van der Waals surface area contributed by atoms with E-state index < -0.39 is 0 Å². The predicted octanol–water partition coefficient (Wildman–Crippen LogP) is -0.681. The SMILES string of the molecule is C=Cc1ccccc1C[n+]1ccc(-c2cc[n+](Cc3ccccc3C=C)cc2)cc1.[Cl-].[Cl-]. The number of nitrogens with zero attached hydrogens (tertiary/aromatic N) is 2. The fourth-order valence-electron chi connectivity index (χ4n) is 3.66. The number of halogens is 2. The van der Waals surface area contributed by atoms with Crippen LogP contribution in [0, 0.1) is 0 Å². The zero-order chi connectivity index (χ0) is 20.8. The number of hydrogen-bond acceptors (Lipinski definition) is 0. The van der Waals surface area contributed by atoms with Crippen LogP contribution in [-0.2, 0) is 13.1 Å². The Kier molecular flexibility index (Phi) is 9.39. The molecule has 2 aromatic carbocycles. The van der Waals surface area contributed by atoms with Crippen LogP contribution in [0.15, 0.2) is 111 Å². The molecule has 32 heavy (non-hydrogen) atoms. The predicted molar refractivity (Wildman–Crippen MR) is 124 cm³/mol. The molecule has 0 saturated heterocycles. The van der Waals surface area contributed by atoms with E-state index in [1.165, 1.54) is 33.4 Å². The highest BCUT2D eigenvalue weighted by atomic mass is 35.5. The van der Waals surface area contributed by atoms with Gasteiger partial charge >= 0.3 is 0 Å². The molecule has 0 unspecified atom stereocenters. The summed E-state index contributed by atoms with van der Waals surface area (Å²) in [6, 6.07) is 25.4. The maximum Gasteiger partial charge on any atom is 0.174 e. The van der Waals surface area contributed by atoms with E-state index in [1.54, 1.807) is 0 Å². The topological polar surface area (TPSA) is 7.76 Å². The summed E-state index contributed by atoms with van der Waals surface area (Å²) in [6.45, 7) is 9.49. The second-order valence-corrected chi connectivity index (χ2v) is 7.32. The van der Waals surface area contributed by atoms with Crippen molar-refractivity contribution in [1.29, 1.82) is 0 Å². The molecule has 0 saturated carbocycles. The van der Waals surface area contributed by atoms with Crippen molar-refractivity contribution in [2.24, 2.45) is 0 Å². The summed E-state index contributed by atoms with van der Waals surface area (Å²) in [7, 11) is 0. The lowest BCUT2D eigenvalue weighted by Gasteiger charge is -2.05. The summed E-state index contributed by atoms with van der Waals surface area (Å²) in [5.41, 5.74) is 7.32. The van der Waals surface area contributed by atoms with Crippen molar-refractivity contribution in [1.82, 2.24) is 0 Å². The minimum atomic E-state index is 0. The molecule has 0 bridgehead atoms. The number of hydrogen-bond donors (Lipinski definition) is 0. The van der Waals surface area contributed by atoms with E-state index in [9.17, 15) is 0 Å². The number of rotatable bonds is 7. The van der Waals surface area contributed by atoms with Crippen LogP contribution in [0.4, 0.5) is 0 Å². The fraction of sp³-hybridized carbons (Fsp3) is 0.0714. The van der Waals surface area contributed by atoms with E-state index in [4.69, 9.17) is 0 Å². The van der Waals surface area contributed by atoms with Gasteiger partial charge in [0.15, 0.2) is 37.9 Å². The van der Waals surface area contributed by atoms with Crippen LogP contribution >= 0.6 is 0 Å². The van der Waals surface area contributed by atoms with E-state index in [0.717, 1.165) is 13.1 Å². The van der Waals surface area contributed by atoms with E-state index in [-0.39, 0.29) is 24.8 Å². The molecule has 0 spiro atoms. The standard InChI is InChI=1S/C28H26N2.2ClH/c1-3-23-9-5-7-11-27(23)21-29-17-13-25(14-18-29)26-15-19-30(20-16-26)22-28-12-8-6-10-24(28)4-2;;/h3-20H,1-2,21-22H2;2*1H/q+2;;/p-2. The van der Waals surface area contributed by atoms with Crippen molar-refractivity contribution in [3.05, 3.63) is 133 Å². The maximum absolute atomic E-state index is 3.91. The van der Waals surface area contributed by atoms with Crippen LogP contribution in [0.3, 0.4) is 0 Å². The van der Waals surface area contributed by atoms with Gasteiger partial charge in [0.2, 0.25) is 0 Å². The Hall–Kier alpha value is -3.20. The van der Waals surface area contributed by atoms with Gasteiger partial charge in [-0.1, -0.05) is 73.8 Å².